The Labute approximate surface area is 121 Å². The van der Waals surface area contributed by atoms with Gasteiger partial charge in [0.1, 0.15) is 6.54 Å². The minimum absolute atomic E-state index is 0.223. The van der Waals surface area contributed by atoms with Crippen LogP contribution in [0.15, 0.2) is 0 Å². The van der Waals surface area contributed by atoms with Gasteiger partial charge in [0.2, 0.25) is 0 Å². The van der Waals surface area contributed by atoms with E-state index in [0.717, 1.165) is 19.6 Å². The van der Waals surface area contributed by atoms with Crippen molar-refractivity contribution >= 4 is 12.0 Å². The molecule has 0 saturated carbocycles. The molecule has 6 heteroatoms. The van der Waals surface area contributed by atoms with E-state index in [1.54, 1.807) is 11.9 Å². The number of hydrogen-bond donors (Lipinski definition) is 1. The number of nitrogens with zero attached hydrogens (tertiary/aromatic N) is 3. The number of amides is 2. The highest BCUT2D eigenvalue weighted by Crippen LogP contribution is 2.15. The molecule has 0 bridgehead atoms. The third-order valence-electron chi connectivity index (χ3n) is 3.61. The Morgan fingerprint density at radius 3 is 2.20 bits per heavy atom. The largest absolute Gasteiger partial charge is 0.480 e. The standard InChI is InChI=1S/C14H27N3O3/c1-14(2,3)17(11-12(18)19)13(20)15(4)9-10-16-7-5-6-8-16/h5-11H2,1-4H3,(H,18,19). The predicted molar refractivity (Wildman–Crippen MR) is 77.8 cm³/mol. The molecule has 0 spiro atoms. The van der Waals surface area contributed by atoms with Gasteiger partial charge in [0.25, 0.3) is 0 Å². The highest BCUT2D eigenvalue weighted by molar-refractivity contribution is 5.80. The molecule has 0 aromatic carbocycles. The van der Waals surface area contributed by atoms with Crippen LogP contribution in [-0.2, 0) is 4.79 Å². The highest BCUT2D eigenvalue weighted by atomic mass is 16.4. The van der Waals surface area contributed by atoms with Gasteiger partial charge >= 0.3 is 12.0 Å². The minimum atomic E-state index is -0.985. The van der Waals surface area contributed by atoms with Crippen LogP contribution in [0.2, 0.25) is 0 Å². The molecule has 0 radical (unpaired) electrons. The summed E-state index contributed by atoms with van der Waals surface area (Å²) >= 11 is 0. The maximum atomic E-state index is 12.4. The Morgan fingerprint density at radius 2 is 1.75 bits per heavy atom. The van der Waals surface area contributed by atoms with Crippen molar-refractivity contribution in [2.45, 2.75) is 39.2 Å². The van der Waals surface area contributed by atoms with E-state index in [1.165, 1.54) is 17.7 Å². The third-order valence-corrected chi connectivity index (χ3v) is 3.61. The summed E-state index contributed by atoms with van der Waals surface area (Å²) in [5.41, 5.74) is -0.503. The molecule has 2 amide bonds. The van der Waals surface area contributed by atoms with Crippen molar-refractivity contribution in [2.75, 3.05) is 39.8 Å². The Balaban J connectivity index is 2.56. The van der Waals surface area contributed by atoms with Gasteiger partial charge in [-0.05, 0) is 46.7 Å². The number of aliphatic carboxylic acids is 1. The summed E-state index contributed by atoms with van der Waals surface area (Å²) in [5.74, 6) is -0.985. The van der Waals surface area contributed by atoms with Gasteiger partial charge in [-0.15, -0.1) is 0 Å². The first-order valence-corrected chi connectivity index (χ1v) is 7.18. The molecule has 1 rings (SSSR count). The van der Waals surface area contributed by atoms with Crippen LogP contribution in [-0.4, -0.2) is 77.1 Å². The molecule has 0 aliphatic carbocycles. The van der Waals surface area contributed by atoms with Crippen molar-refractivity contribution in [3.63, 3.8) is 0 Å². The molecule has 1 aliphatic rings. The lowest BCUT2D eigenvalue weighted by Gasteiger charge is -2.37. The number of carbonyl (C=O) groups is 2. The molecular weight excluding hydrogens is 258 g/mol. The molecule has 6 nitrogen and oxygen atoms in total. The zero-order chi connectivity index (χ0) is 15.3. The number of carboxylic acid groups (broad SMARTS) is 1. The molecule has 0 aromatic heterocycles. The second kappa shape index (κ2) is 6.92. The zero-order valence-corrected chi connectivity index (χ0v) is 13.1. The minimum Gasteiger partial charge on any atom is -0.480 e. The van der Waals surface area contributed by atoms with Gasteiger partial charge in [-0.3, -0.25) is 4.79 Å². The van der Waals surface area contributed by atoms with Crippen molar-refractivity contribution in [1.29, 1.82) is 0 Å². The summed E-state index contributed by atoms with van der Waals surface area (Å²) in [6.45, 7) is 8.96. The van der Waals surface area contributed by atoms with Gasteiger partial charge in [-0.2, -0.15) is 0 Å². The van der Waals surface area contributed by atoms with Crippen LogP contribution in [0.5, 0.6) is 0 Å². The number of carbonyl (C=O) groups excluding carboxylic acids is 1. The first-order chi connectivity index (χ1) is 9.21. The van der Waals surface area contributed by atoms with E-state index in [1.807, 2.05) is 20.8 Å². The lowest BCUT2D eigenvalue weighted by molar-refractivity contribution is -0.138. The van der Waals surface area contributed by atoms with Gasteiger partial charge in [-0.1, -0.05) is 0 Å². The summed E-state index contributed by atoms with van der Waals surface area (Å²) in [5, 5.41) is 8.96. The molecular formula is C14H27N3O3. The summed E-state index contributed by atoms with van der Waals surface area (Å²) in [7, 11) is 1.74. The normalized spacial score (nSPS) is 16.2. The molecule has 0 unspecified atom stereocenters. The van der Waals surface area contributed by atoms with E-state index in [0.29, 0.717) is 6.54 Å². The van der Waals surface area contributed by atoms with E-state index in [4.69, 9.17) is 5.11 Å². The maximum Gasteiger partial charge on any atom is 0.323 e. The number of likely N-dealkylation sites (N-methyl/N-ethyl adjacent to an activating group) is 1. The van der Waals surface area contributed by atoms with Crippen molar-refractivity contribution in [2.24, 2.45) is 0 Å². The molecule has 1 fully saturated rings. The molecule has 1 aliphatic heterocycles. The van der Waals surface area contributed by atoms with Crippen molar-refractivity contribution in [1.82, 2.24) is 14.7 Å². The van der Waals surface area contributed by atoms with Crippen LogP contribution in [0.4, 0.5) is 4.79 Å². The number of hydrogen-bond acceptors (Lipinski definition) is 3. The molecule has 116 valence electrons. The van der Waals surface area contributed by atoms with Gasteiger partial charge in [0.15, 0.2) is 0 Å². The maximum absolute atomic E-state index is 12.4. The molecule has 0 aromatic rings. The van der Waals surface area contributed by atoms with Crippen molar-refractivity contribution < 1.29 is 14.7 Å². The van der Waals surface area contributed by atoms with E-state index in [9.17, 15) is 9.59 Å². The van der Waals surface area contributed by atoms with Crippen LogP contribution in [0.25, 0.3) is 0 Å². The van der Waals surface area contributed by atoms with E-state index in [2.05, 4.69) is 4.90 Å². The summed E-state index contributed by atoms with van der Waals surface area (Å²) in [6.07, 6.45) is 2.45. The summed E-state index contributed by atoms with van der Waals surface area (Å²) in [4.78, 5) is 28.7. The topological polar surface area (TPSA) is 64.1 Å². The first kappa shape index (κ1) is 16.8. The molecule has 20 heavy (non-hydrogen) atoms. The SMILES string of the molecule is CN(CCN1CCCC1)C(=O)N(CC(=O)O)C(C)(C)C. The monoisotopic (exact) mass is 285 g/mol. The van der Waals surface area contributed by atoms with Crippen LogP contribution < -0.4 is 0 Å². The number of urea groups is 1. The number of carboxylic acids is 1. The summed E-state index contributed by atoms with van der Waals surface area (Å²) < 4.78 is 0. The second-order valence-electron chi connectivity index (χ2n) is 6.40. The van der Waals surface area contributed by atoms with E-state index >= 15 is 0 Å². The smallest absolute Gasteiger partial charge is 0.323 e. The fraction of sp³-hybridized carbons (Fsp3) is 0.857. The zero-order valence-electron chi connectivity index (χ0n) is 13.1. The first-order valence-electron chi connectivity index (χ1n) is 7.18. The van der Waals surface area contributed by atoms with Crippen molar-refractivity contribution in [3.8, 4) is 0 Å². The summed E-state index contributed by atoms with van der Waals surface area (Å²) in [6, 6.07) is -0.223. The Bertz CT molecular complexity index is 346. The van der Waals surface area contributed by atoms with Gasteiger partial charge in [0, 0.05) is 25.7 Å². The number of rotatable bonds is 5. The van der Waals surface area contributed by atoms with E-state index in [-0.39, 0.29) is 12.6 Å². The Morgan fingerprint density at radius 1 is 1.20 bits per heavy atom. The second-order valence-corrected chi connectivity index (χ2v) is 6.40. The molecule has 1 saturated heterocycles. The molecule has 0 atom stereocenters. The Hall–Kier alpha value is -1.30. The number of likely N-dealkylation sites (tertiary alicyclic amines) is 1. The average Bonchev–Trinajstić information content (AvgIpc) is 2.83. The van der Waals surface area contributed by atoms with Crippen molar-refractivity contribution in [3.05, 3.63) is 0 Å². The van der Waals surface area contributed by atoms with Crippen LogP contribution >= 0.6 is 0 Å². The van der Waals surface area contributed by atoms with Crippen LogP contribution in [0.3, 0.4) is 0 Å². The fourth-order valence-corrected chi connectivity index (χ4v) is 2.33. The lowest BCUT2D eigenvalue weighted by atomic mass is 10.1. The third kappa shape index (κ3) is 5.00. The van der Waals surface area contributed by atoms with Gasteiger partial charge in [-0.25, -0.2) is 4.79 Å². The van der Waals surface area contributed by atoms with E-state index < -0.39 is 11.5 Å². The average molecular weight is 285 g/mol. The van der Waals surface area contributed by atoms with Crippen LogP contribution in [0.1, 0.15) is 33.6 Å². The quantitative estimate of drug-likeness (QED) is 0.827. The predicted octanol–water partition coefficient (Wildman–Crippen LogP) is 1.32. The van der Waals surface area contributed by atoms with Gasteiger partial charge in [0.05, 0.1) is 0 Å². The van der Waals surface area contributed by atoms with Gasteiger partial charge < -0.3 is 19.8 Å². The lowest BCUT2D eigenvalue weighted by Crippen LogP contribution is -2.53. The van der Waals surface area contributed by atoms with Crippen LogP contribution in [0, 0.1) is 0 Å². The highest BCUT2D eigenvalue weighted by Gasteiger charge is 2.30. The molecule has 1 heterocycles. The fourth-order valence-electron chi connectivity index (χ4n) is 2.33. The Kier molecular flexibility index (Phi) is 5.80. The molecule has 1 N–H and O–H groups in total.